The molecule has 0 amide bonds. The number of hydrogen-bond donors (Lipinski definition) is 2. The van der Waals surface area contributed by atoms with Crippen LogP contribution < -0.4 is 10.0 Å². The number of halogens is 3. The average molecular weight is 360 g/mol. The first-order valence-corrected chi connectivity index (χ1v) is 7.45. The summed E-state index contributed by atoms with van der Waals surface area (Å²) in [7, 11) is -3.67. The molecule has 2 rings (SSSR count). The van der Waals surface area contributed by atoms with E-state index in [1.54, 1.807) is 0 Å². The number of nitrogens with one attached hydrogen (secondary N) is 2. The van der Waals surface area contributed by atoms with Crippen LogP contribution in [0.15, 0.2) is 27.6 Å². The molecular formula is C10H13BrClFN2O2S. The minimum Gasteiger partial charge on any atom is -0.315 e. The van der Waals surface area contributed by atoms with Crippen molar-refractivity contribution in [2.75, 3.05) is 13.1 Å². The van der Waals surface area contributed by atoms with Crippen molar-refractivity contribution in [3.63, 3.8) is 0 Å². The van der Waals surface area contributed by atoms with E-state index in [0.29, 0.717) is 11.0 Å². The number of sulfonamides is 1. The van der Waals surface area contributed by atoms with E-state index in [9.17, 15) is 12.8 Å². The smallest absolute Gasteiger partial charge is 0.242 e. The molecule has 1 aromatic carbocycles. The molecule has 1 unspecified atom stereocenters. The molecule has 1 aromatic rings. The van der Waals surface area contributed by atoms with Crippen molar-refractivity contribution < 1.29 is 12.8 Å². The molecule has 1 atom stereocenters. The predicted molar refractivity (Wildman–Crippen MR) is 72.9 cm³/mol. The largest absolute Gasteiger partial charge is 0.315 e. The van der Waals surface area contributed by atoms with Gasteiger partial charge in [-0.15, -0.1) is 12.4 Å². The average Bonchev–Trinajstić information content (AvgIpc) is 2.73. The van der Waals surface area contributed by atoms with Gasteiger partial charge in [-0.05, 0) is 47.1 Å². The number of benzene rings is 1. The van der Waals surface area contributed by atoms with Gasteiger partial charge in [0.25, 0.3) is 0 Å². The summed E-state index contributed by atoms with van der Waals surface area (Å²) in [5.41, 5.74) is 0. The van der Waals surface area contributed by atoms with Gasteiger partial charge in [0.2, 0.25) is 10.0 Å². The molecule has 0 spiro atoms. The maximum Gasteiger partial charge on any atom is 0.242 e. The van der Waals surface area contributed by atoms with Gasteiger partial charge < -0.3 is 5.32 Å². The minimum absolute atomic E-state index is 0. The molecule has 0 aromatic heterocycles. The Bertz CT molecular complexity index is 521. The zero-order valence-electron chi connectivity index (χ0n) is 9.32. The summed E-state index contributed by atoms with van der Waals surface area (Å²) in [6.07, 6.45) is 0.742. The van der Waals surface area contributed by atoms with Crippen molar-refractivity contribution in [2.45, 2.75) is 17.4 Å². The van der Waals surface area contributed by atoms with E-state index in [2.05, 4.69) is 26.0 Å². The summed E-state index contributed by atoms with van der Waals surface area (Å²) in [4.78, 5) is -0.0654. The zero-order valence-corrected chi connectivity index (χ0v) is 12.5. The lowest BCUT2D eigenvalue weighted by molar-refractivity contribution is 0.557. The van der Waals surface area contributed by atoms with Crippen LogP contribution in [-0.4, -0.2) is 27.5 Å². The highest BCUT2D eigenvalue weighted by Gasteiger charge is 2.24. The normalized spacial score (nSPS) is 19.6. The lowest BCUT2D eigenvalue weighted by Gasteiger charge is -2.13. The fourth-order valence-corrected chi connectivity index (χ4v) is 3.97. The fraction of sp³-hybridized carbons (Fsp3) is 0.400. The third-order valence-electron chi connectivity index (χ3n) is 2.56. The van der Waals surface area contributed by atoms with Crippen LogP contribution >= 0.6 is 28.3 Å². The summed E-state index contributed by atoms with van der Waals surface area (Å²) in [5, 5.41) is 3.06. The van der Waals surface area contributed by atoms with Gasteiger partial charge in [-0.25, -0.2) is 17.5 Å². The number of rotatable bonds is 3. The van der Waals surface area contributed by atoms with E-state index in [1.807, 2.05) is 0 Å². The molecule has 1 heterocycles. The van der Waals surface area contributed by atoms with Gasteiger partial charge in [0, 0.05) is 17.1 Å². The Morgan fingerprint density at radius 1 is 1.44 bits per heavy atom. The SMILES string of the molecule is Cl.O=S(=O)(NC1CCNC1)c1cc(F)ccc1Br. The summed E-state index contributed by atoms with van der Waals surface area (Å²) < 4.78 is 40.0. The second kappa shape index (κ2) is 6.29. The summed E-state index contributed by atoms with van der Waals surface area (Å²) in [6, 6.07) is 3.47. The monoisotopic (exact) mass is 358 g/mol. The van der Waals surface area contributed by atoms with E-state index in [1.165, 1.54) is 12.1 Å². The molecule has 102 valence electrons. The Balaban J connectivity index is 0.00000162. The molecule has 0 bridgehead atoms. The molecule has 0 saturated carbocycles. The molecule has 0 radical (unpaired) electrons. The molecule has 1 fully saturated rings. The van der Waals surface area contributed by atoms with Gasteiger partial charge in [-0.2, -0.15) is 0 Å². The topological polar surface area (TPSA) is 58.2 Å². The van der Waals surface area contributed by atoms with Gasteiger partial charge in [0.1, 0.15) is 5.82 Å². The first kappa shape index (κ1) is 15.8. The summed E-state index contributed by atoms with van der Waals surface area (Å²) in [6.45, 7) is 1.39. The van der Waals surface area contributed by atoms with Gasteiger partial charge in [0.05, 0.1) is 4.90 Å². The van der Waals surface area contributed by atoms with Crippen LogP contribution in [0.3, 0.4) is 0 Å². The van der Waals surface area contributed by atoms with Crippen LogP contribution in [0.2, 0.25) is 0 Å². The summed E-state index contributed by atoms with van der Waals surface area (Å²) in [5.74, 6) is -0.571. The Morgan fingerprint density at radius 3 is 2.78 bits per heavy atom. The third kappa shape index (κ3) is 3.64. The van der Waals surface area contributed by atoms with Crippen molar-refractivity contribution in [2.24, 2.45) is 0 Å². The molecule has 1 aliphatic heterocycles. The van der Waals surface area contributed by atoms with Crippen molar-refractivity contribution in [3.8, 4) is 0 Å². The predicted octanol–water partition coefficient (Wildman–Crippen LogP) is 1.65. The van der Waals surface area contributed by atoms with E-state index >= 15 is 0 Å². The van der Waals surface area contributed by atoms with Crippen LogP contribution in [0.1, 0.15) is 6.42 Å². The second-order valence-electron chi connectivity index (χ2n) is 3.89. The van der Waals surface area contributed by atoms with Crippen LogP contribution in [0.25, 0.3) is 0 Å². The molecule has 1 saturated heterocycles. The first-order chi connectivity index (χ1) is 7.99. The van der Waals surface area contributed by atoms with Crippen molar-refractivity contribution in [3.05, 3.63) is 28.5 Å². The van der Waals surface area contributed by atoms with Crippen molar-refractivity contribution >= 4 is 38.4 Å². The highest BCUT2D eigenvalue weighted by atomic mass is 79.9. The van der Waals surface area contributed by atoms with Crippen LogP contribution in [0, 0.1) is 5.82 Å². The molecule has 8 heteroatoms. The molecule has 18 heavy (non-hydrogen) atoms. The van der Waals surface area contributed by atoms with Gasteiger partial charge in [-0.3, -0.25) is 0 Å². The van der Waals surface area contributed by atoms with Crippen LogP contribution in [0.4, 0.5) is 4.39 Å². The third-order valence-corrected chi connectivity index (χ3v) is 5.08. The maximum absolute atomic E-state index is 13.1. The maximum atomic E-state index is 13.1. The Labute approximate surface area is 120 Å². The molecule has 1 aliphatic rings. The van der Waals surface area contributed by atoms with Gasteiger partial charge in [0.15, 0.2) is 0 Å². The van der Waals surface area contributed by atoms with E-state index in [0.717, 1.165) is 19.0 Å². The Morgan fingerprint density at radius 2 is 2.17 bits per heavy atom. The highest BCUT2D eigenvalue weighted by molar-refractivity contribution is 9.10. The van der Waals surface area contributed by atoms with E-state index in [-0.39, 0.29) is 23.3 Å². The standard InChI is InChI=1S/C10H12BrFN2O2S.ClH/c11-9-2-1-7(12)5-10(9)17(15,16)14-8-3-4-13-6-8;/h1-2,5,8,13-14H,3-4,6H2;1H. The van der Waals surface area contributed by atoms with Crippen LogP contribution in [-0.2, 0) is 10.0 Å². The fourth-order valence-electron chi connectivity index (χ4n) is 1.72. The zero-order chi connectivity index (χ0) is 12.5. The van der Waals surface area contributed by atoms with Crippen molar-refractivity contribution in [1.29, 1.82) is 0 Å². The van der Waals surface area contributed by atoms with E-state index < -0.39 is 15.8 Å². The quantitative estimate of drug-likeness (QED) is 0.863. The number of hydrogen-bond acceptors (Lipinski definition) is 3. The first-order valence-electron chi connectivity index (χ1n) is 5.17. The summed E-state index contributed by atoms with van der Waals surface area (Å²) >= 11 is 3.11. The molecule has 0 aliphatic carbocycles. The van der Waals surface area contributed by atoms with Crippen molar-refractivity contribution in [1.82, 2.24) is 10.0 Å². The van der Waals surface area contributed by atoms with E-state index in [4.69, 9.17) is 0 Å². The Kier molecular flexibility index (Phi) is 5.54. The minimum atomic E-state index is -3.67. The Hall–Kier alpha value is -0.210. The van der Waals surface area contributed by atoms with Gasteiger partial charge >= 0.3 is 0 Å². The lowest BCUT2D eigenvalue weighted by Crippen LogP contribution is -2.36. The lowest BCUT2D eigenvalue weighted by atomic mass is 10.3. The second-order valence-corrected chi connectivity index (χ2v) is 6.42. The highest BCUT2D eigenvalue weighted by Crippen LogP contribution is 2.23. The van der Waals surface area contributed by atoms with Crippen LogP contribution in [0.5, 0.6) is 0 Å². The molecular weight excluding hydrogens is 347 g/mol. The molecule has 4 nitrogen and oxygen atoms in total. The molecule has 2 N–H and O–H groups in total. The van der Waals surface area contributed by atoms with Gasteiger partial charge in [-0.1, -0.05) is 0 Å².